The Balaban J connectivity index is 2.43. The lowest BCUT2D eigenvalue weighted by Crippen LogP contribution is -2.22. The number of aromatic carboxylic acids is 1. The summed E-state index contributed by atoms with van der Waals surface area (Å²) in [5, 5.41) is 11.6. The number of furan rings is 1. The van der Waals surface area contributed by atoms with Crippen LogP contribution >= 0.6 is 0 Å². The molecule has 6 nitrogen and oxygen atoms in total. The predicted molar refractivity (Wildman–Crippen MR) is 57.1 cm³/mol. The van der Waals surface area contributed by atoms with Gasteiger partial charge in [0, 0.05) is 12.8 Å². The van der Waals surface area contributed by atoms with E-state index in [1.807, 2.05) is 0 Å². The molecule has 1 aromatic rings. The minimum atomic E-state index is -3.00. The van der Waals surface area contributed by atoms with Crippen LogP contribution < -0.4 is 5.32 Å². The molecule has 2 N–H and O–H groups in total. The van der Waals surface area contributed by atoms with Crippen molar-refractivity contribution in [3.05, 3.63) is 23.7 Å². The molecule has 0 saturated carbocycles. The van der Waals surface area contributed by atoms with Gasteiger partial charge in [0.05, 0.1) is 18.6 Å². The van der Waals surface area contributed by atoms with Crippen molar-refractivity contribution >= 4 is 15.8 Å². The zero-order chi connectivity index (χ0) is 12.2. The van der Waals surface area contributed by atoms with E-state index in [1.165, 1.54) is 12.3 Å². The molecule has 0 unspecified atom stereocenters. The molecule has 0 radical (unpaired) electrons. The minimum absolute atomic E-state index is 0.0100. The number of carboxylic acid groups (broad SMARTS) is 1. The highest BCUT2D eigenvalue weighted by molar-refractivity contribution is 7.90. The highest BCUT2D eigenvalue weighted by Gasteiger charge is 2.12. The number of sulfone groups is 1. The van der Waals surface area contributed by atoms with Gasteiger partial charge in [0.1, 0.15) is 21.2 Å². The van der Waals surface area contributed by atoms with Crippen LogP contribution in [-0.2, 0) is 16.4 Å². The van der Waals surface area contributed by atoms with Gasteiger partial charge < -0.3 is 14.8 Å². The summed E-state index contributed by atoms with van der Waals surface area (Å²) in [4.78, 5) is 10.7. The predicted octanol–water partition coefficient (Wildman–Crippen LogP) is 0.112. The minimum Gasteiger partial charge on any atom is -0.478 e. The molecule has 1 aromatic heterocycles. The normalized spacial score (nSPS) is 11.6. The van der Waals surface area contributed by atoms with Crippen LogP contribution in [0.25, 0.3) is 0 Å². The van der Waals surface area contributed by atoms with E-state index in [0.29, 0.717) is 5.76 Å². The quantitative estimate of drug-likeness (QED) is 0.693. The smallest absolute Gasteiger partial charge is 0.339 e. The molecule has 0 aromatic carbocycles. The Morgan fingerprint density at radius 1 is 1.56 bits per heavy atom. The Morgan fingerprint density at radius 2 is 2.25 bits per heavy atom. The van der Waals surface area contributed by atoms with Gasteiger partial charge >= 0.3 is 5.97 Å². The first-order chi connectivity index (χ1) is 7.40. The first-order valence-corrected chi connectivity index (χ1v) is 6.64. The van der Waals surface area contributed by atoms with Crippen LogP contribution in [0.5, 0.6) is 0 Å². The number of carbonyl (C=O) groups is 1. The molecule has 90 valence electrons. The van der Waals surface area contributed by atoms with E-state index in [0.717, 1.165) is 6.26 Å². The summed E-state index contributed by atoms with van der Waals surface area (Å²) >= 11 is 0. The van der Waals surface area contributed by atoms with Gasteiger partial charge in [-0.25, -0.2) is 13.2 Å². The maximum absolute atomic E-state index is 10.8. The summed E-state index contributed by atoms with van der Waals surface area (Å²) in [6, 6.07) is 1.36. The highest BCUT2D eigenvalue weighted by atomic mass is 32.2. The van der Waals surface area contributed by atoms with E-state index in [-0.39, 0.29) is 24.4 Å². The second-order valence-corrected chi connectivity index (χ2v) is 5.63. The molecule has 0 aliphatic rings. The third-order valence-electron chi connectivity index (χ3n) is 1.91. The number of hydrogen-bond acceptors (Lipinski definition) is 5. The zero-order valence-electron chi connectivity index (χ0n) is 8.76. The fraction of sp³-hybridized carbons (Fsp3) is 0.444. The molecule has 0 amide bonds. The van der Waals surface area contributed by atoms with E-state index in [4.69, 9.17) is 9.52 Å². The lowest BCUT2D eigenvalue weighted by atomic mass is 10.2. The van der Waals surface area contributed by atoms with Gasteiger partial charge in [-0.3, -0.25) is 0 Å². The van der Waals surface area contributed by atoms with Crippen LogP contribution in [0.4, 0.5) is 0 Å². The summed E-state index contributed by atoms with van der Waals surface area (Å²) in [7, 11) is -3.00. The number of hydrogen-bond donors (Lipinski definition) is 2. The van der Waals surface area contributed by atoms with Crippen molar-refractivity contribution in [1.82, 2.24) is 5.32 Å². The van der Waals surface area contributed by atoms with Crippen LogP contribution in [0.3, 0.4) is 0 Å². The lowest BCUT2D eigenvalue weighted by molar-refractivity contribution is 0.0694. The van der Waals surface area contributed by atoms with Gasteiger partial charge in [-0.1, -0.05) is 0 Å². The summed E-state index contributed by atoms with van der Waals surface area (Å²) in [6.45, 7) is 0.461. The SMILES string of the molecule is CS(=O)(=O)CCNCc1occc1C(=O)O. The van der Waals surface area contributed by atoms with Crippen LogP contribution in [-0.4, -0.2) is 38.0 Å². The maximum atomic E-state index is 10.8. The number of nitrogens with one attached hydrogen (secondary N) is 1. The highest BCUT2D eigenvalue weighted by Crippen LogP contribution is 2.09. The van der Waals surface area contributed by atoms with Crippen molar-refractivity contribution in [1.29, 1.82) is 0 Å². The fourth-order valence-electron chi connectivity index (χ4n) is 1.13. The van der Waals surface area contributed by atoms with Gasteiger partial charge in [0.2, 0.25) is 0 Å². The summed E-state index contributed by atoms with van der Waals surface area (Å²) in [5.41, 5.74) is 0.0897. The Kier molecular flexibility index (Phi) is 4.08. The molecule has 0 spiro atoms. The molecule has 0 bridgehead atoms. The summed E-state index contributed by atoms with van der Waals surface area (Å²) in [6.07, 6.45) is 2.43. The molecule has 16 heavy (non-hydrogen) atoms. The third-order valence-corrected chi connectivity index (χ3v) is 2.86. The number of carboxylic acids is 1. The molecular weight excluding hydrogens is 234 g/mol. The maximum Gasteiger partial charge on any atom is 0.339 e. The lowest BCUT2D eigenvalue weighted by Gasteiger charge is -2.02. The van der Waals surface area contributed by atoms with Crippen molar-refractivity contribution in [2.75, 3.05) is 18.6 Å². The topological polar surface area (TPSA) is 96.6 Å². The van der Waals surface area contributed by atoms with Crippen molar-refractivity contribution < 1.29 is 22.7 Å². The monoisotopic (exact) mass is 247 g/mol. The van der Waals surface area contributed by atoms with Gasteiger partial charge in [-0.15, -0.1) is 0 Å². The molecule has 0 aliphatic carbocycles. The van der Waals surface area contributed by atoms with E-state index >= 15 is 0 Å². The van der Waals surface area contributed by atoms with Crippen molar-refractivity contribution in [3.8, 4) is 0 Å². The molecule has 0 fully saturated rings. The van der Waals surface area contributed by atoms with Gasteiger partial charge in [-0.05, 0) is 6.07 Å². The average Bonchev–Trinajstić information content (AvgIpc) is 2.58. The second-order valence-electron chi connectivity index (χ2n) is 3.37. The first-order valence-electron chi connectivity index (χ1n) is 4.58. The molecule has 0 saturated heterocycles. The van der Waals surface area contributed by atoms with E-state index in [9.17, 15) is 13.2 Å². The first kappa shape index (κ1) is 12.7. The van der Waals surface area contributed by atoms with Gasteiger partial charge in [0.25, 0.3) is 0 Å². The average molecular weight is 247 g/mol. The number of rotatable bonds is 6. The van der Waals surface area contributed by atoms with Crippen molar-refractivity contribution in [2.45, 2.75) is 6.54 Å². The van der Waals surface area contributed by atoms with E-state index in [2.05, 4.69) is 5.32 Å². The van der Waals surface area contributed by atoms with Crippen LogP contribution in [0, 0.1) is 0 Å². The zero-order valence-corrected chi connectivity index (χ0v) is 9.58. The molecule has 0 aliphatic heterocycles. The van der Waals surface area contributed by atoms with E-state index < -0.39 is 15.8 Å². The Hall–Kier alpha value is -1.34. The summed E-state index contributed by atoms with van der Waals surface area (Å²) < 4.78 is 26.6. The fourth-order valence-corrected chi connectivity index (χ4v) is 1.64. The third kappa shape index (κ3) is 4.03. The van der Waals surface area contributed by atoms with Crippen LogP contribution in [0.2, 0.25) is 0 Å². The summed E-state index contributed by atoms with van der Waals surface area (Å²) in [5.74, 6) is -0.759. The second kappa shape index (κ2) is 5.13. The Bertz CT molecular complexity index is 462. The Labute approximate surface area is 93.2 Å². The largest absolute Gasteiger partial charge is 0.478 e. The molecule has 1 rings (SSSR count). The van der Waals surface area contributed by atoms with E-state index in [1.54, 1.807) is 0 Å². The standard InChI is InChI=1S/C9H13NO5S/c1-16(13,14)5-3-10-6-8-7(9(11)12)2-4-15-8/h2,4,10H,3,5-6H2,1H3,(H,11,12). The van der Waals surface area contributed by atoms with Gasteiger partial charge in [-0.2, -0.15) is 0 Å². The molecule has 1 heterocycles. The van der Waals surface area contributed by atoms with Gasteiger partial charge in [0.15, 0.2) is 0 Å². The van der Waals surface area contributed by atoms with Crippen LogP contribution in [0.15, 0.2) is 16.7 Å². The van der Waals surface area contributed by atoms with Crippen molar-refractivity contribution in [3.63, 3.8) is 0 Å². The Morgan fingerprint density at radius 3 is 2.81 bits per heavy atom. The molecule has 0 atom stereocenters. The van der Waals surface area contributed by atoms with Crippen LogP contribution in [0.1, 0.15) is 16.1 Å². The van der Waals surface area contributed by atoms with Crippen molar-refractivity contribution in [2.24, 2.45) is 0 Å². The molecular formula is C9H13NO5S. The molecule has 7 heteroatoms.